The third kappa shape index (κ3) is 2.03. The quantitative estimate of drug-likeness (QED) is 0.721. The van der Waals surface area contributed by atoms with Crippen LogP contribution in [0.1, 0.15) is 19.7 Å². The summed E-state index contributed by atoms with van der Waals surface area (Å²) in [5.74, 6) is 1.19. The number of hydrogen-bond donors (Lipinski definition) is 0. The van der Waals surface area contributed by atoms with Crippen molar-refractivity contribution >= 4 is 0 Å². The standard InChI is InChI=1S/C11H15N5O2/c1-6(2)5-7-12-8-9(16(4)14-7)13-11(18)15(3)10(8)17/h6H,5H2,1-4H3. The number of rotatable bonds is 2. The fourth-order valence-electron chi connectivity index (χ4n) is 1.71. The van der Waals surface area contributed by atoms with E-state index in [2.05, 4.69) is 15.1 Å². The minimum absolute atomic E-state index is 0.185. The van der Waals surface area contributed by atoms with Crippen LogP contribution >= 0.6 is 0 Å². The van der Waals surface area contributed by atoms with E-state index in [1.807, 2.05) is 13.8 Å². The van der Waals surface area contributed by atoms with Crippen LogP contribution in [0.15, 0.2) is 9.59 Å². The second-order valence-electron chi connectivity index (χ2n) is 4.68. The van der Waals surface area contributed by atoms with Crippen molar-refractivity contribution in [3.8, 4) is 11.5 Å². The van der Waals surface area contributed by atoms with Crippen molar-refractivity contribution in [2.45, 2.75) is 20.3 Å². The minimum Gasteiger partial charge on any atom is -0.267 e. The van der Waals surface area contributed by atoms with Gasteiger partial charge in [0.15, 0.2) is 11.5 Å². The molecule has 96 valence electrons. The molecule has 0 unspecified atom stereocenters. The molecule has 0 aromatic heterocycles. The normalized spacial score (nSPS) is 11.4. The van der Waals surface area contributed by atoms with Crippen LogP contribution in [0.2, 0.25) is 0 Å². The van der Waals surface area contributed by atoms with Gasteiger partial charge in [-0.1, -0.05) is 13.8 Å². The Morgan fingerprint density at radius 3 is 2.44 bits per heavy atom. The van der Waals surface area contributed by atoms with E-state index in [1.54, 1.807) is 7.05 Å². The van der Waals surface area contributed by atoms with Gasteiger partial charge in [0.1, 0.15) is 5.82 Å². The third-order valence-corrected chi connectivity index (χ3v) is 2.61. The molecule has 0 spiro atoms. The van der Waals surface area contributed by atoms with Crippen molar-refractivity contribution in [2.75, 3.05) is 0 Å². The molecule has 0 aliphatic carbocycles. The van der Waals surface area contributed by atoms with Crippen molar-refractivity contribution < 1.29 is 0 Å². The summed E-state index contributed by atoms with van der Waals surface area (Å²) < 4.78 is 2.39. The predicted molar refractivity (Wildman–Crippen MR) is 65.5 cm³/mol. The molecule has 0 saturated heterocycles. The van der Waals surface area contributed by atoms with Crippen LogP contribution in [-0.4, -0.2) is 24.3 Å². The smallest absolute Gasteiger partial charge is 0.267 e. The van der Waals surface area contributed by atoms with Gasteiger partial charge in [-0.2, -0.15) is 10.1 Å². The van der Waals surface area contributed by atoms with E-state index < -0.39 is 11.2 Å². The SMILES string of the molecule is CC(C)Cc1nc2c(=O)n(C)c(=O)nc-2n(C)n1. The highest BCUT2D eigenvalue weighted by Gasteiger charge is 2.18. The molecule has 2 heterocycles. The molecule has 0 aromatic rings. The third-order valence-electron chi connectivity index (χ3n) is 2.61. The van der Waals surface area contributed by atoms with Crippen LogP contribution in [0.4, 0.5) is 0 Å². The van der Waals surface area contributed by atoms with Gasteiger partial charge >= 0.3 is 5.69 Å². The van der Waals surface area contributed by atoms with Crippen LogP contribution in [0.25, 0.3) is 11.5 Å². The van der Waals surface area contributed by atoms with E-state index in [9.17, 15) is 9.59 Å². The van der Waals surface area contributed by atoms with E-state index in [4.69, 9.17) is 0 Å². The lowest BCUT2D eigenvalue weighted by Crippen LogP contribution is -2.37. The zero-order chi connectivity index (χ0) is 13.4. The Balaban J connectivity index is 2.76. The molecule has 7 nitrogen and oxygen atoms in total. The maximum atomic E-state index is 12.0. The highest BCUT2D eigenvalue weighted by molar-refractivity contribution is 5.47. The Kier molecular flexibility index (Phi) is 2.98. The molecular weight excluding hydrogens is 234 g/mol. The van der Waals surface area contributed by atoms with Crippen LogP contribution in [-0.2, 0) is 20.5 Å². The lowest BCUT2D eigenvalue weighted by atomic mass is 10.1. The Morgan fingerprint density at radius 1 is 1.17 bits per heavy atom. The van der Waals surface area contributed by atoms with E-state index in [0.29, 0.717) is 18.2 Å². The van der Waals surface area contributed by atoms with Crippen LogP contribution in [0.3, 0.4) is 0 Å². The van der Waals surface area contributed by atoms with E-state index in [-0.39, 0.29) is 11.5 Å². The first kappa shape index (κ1) is 12.4. The summed E-state index contributed by atoms with van der Waals surface area (Å²) in [7, 11) is 3.04. The molecule has 18 heavy (non-hydrogen) atoms. The summed E-state index contributed by atoms with van der Waals surface area (Å²) in [6.45, 7) is 4.09. The molecule has 2 rings (SSSR count). The summed E-state index contributed by atoms with van der Waals surface area (Å²) in [5.41, 5.74) is -0.846. The van der Waals surface area contributed by atoms with Gasteiger partial charge in [0.2, 0.25) is 0 Å². The molecule has 0 aromatic carbocycles. The average molecular weight is 249 g/mol. The fraction of sp³-hybridized carbons (Fsp3) is 0.545. The molecule has 2 aliphatic heterocycles. The Labute approximate surface area is 103 Å². The van der Waals surface area contributed by atoms with Gasteiger partial charge in [0.05, 0.1) is 0 Å². The van der Waals surface area contributed by atoms with E-state index >= 15 is 0 Å². The Bertz CT molecular complexity index is 670. The number of fused-ring (bicyclic) bond motifs is 1. The molecule has 0 atom stereocenters. The fourth-order valence-corrected chi connectivity index (χ4v) is 1.71. The lowest BCUT2D eigenvalue weighted by Gasteiger charge is -2.11. The molecule has 0 N–H and O–H groups in total. The summed E-state index contributed by atoms with van der Waals surface area (Å²) >= 11 is 0. The molecule has 0 saturated carbocycles. The Hall–Kier alpha value is -2.05. The second-order valence-corrected chi connectivity index (χ2v) is 4.68. The Morgan fingerprint density at radius 2 is 1.83 bits per heavy atom. The molecule has 7 heteroatoms. The second kappa shape index (κ2) is 4.32. The number of hydrogen-bond acceptors (Lipinski definition) is 5. The topological polar surface area (TPSA) is 82.7 Å². The first-order chi connectivity index (χ1) is 8.40. The van der Waals surface area contributed by atoms with Crippen molar-refractivity contribution in [1.82, 2.24) is 24.3 Å². The van der Waals surface area contributed by atoms with Gasteiger partial charge in [-0.05, 0) is 5.92 Å². The highest BCUT2D eigenvalue weighted by atomic mass is 16.2. The van der Waals surface area contributed by atoms with Gasteiger partial charge in [-0.25, -0.2) is 14.5 Å². The van der Waals surface area contributed by atoms with Crippen LogP contribution in [0.5, 0.6) is 0 Å². The van der Waals surface area contributed by atoms with Crippen LogP contribution < -0.4 is 11.2 Å². The highest BCUT2D eigenvalue weighted by Crippen LogP contribution is 2.10. The minimum atomic E-state index is -0.594. The maximum absolute atomic E-state index is 12.0. The molecule has 0 fully saturated rings. The molecule has 0 bridgehead atoms. The zero-order valence-electron chi connectivity index (χ0n) is 10.8. The molecule has 0 amide bonds. The van der Waals surface area contributed by atoms with Crippen molar-refractivity contribution in [1.29, 1.82) is 0 Å². The molecule has 0 radical (unpaired) electrons. The summed E-state index contributed by atoms with van der Waals surface area (Å²) in [6.07, 6.45) is 0.673. The average Bonchev–Trinajstić information content (AvgIpc) is 2.27. The number of aromatic nitrogens is 5. The van der Waals surface area contributed by atoms with E-state index in [1.165, 1.54) is 11.7 Å². The zero-order valence-corrected chi connectivity index (χ0v) is 10.8. The van der Waals surface area contributed by atoms with Gasteiger partial charge in [-0.15, -0.1) is 0 Å². The first-order valence-corrected chi connectivity index (χ1v) is 5.71. The van der Waals surface area contributed by atoms with Crippen molar-refractivity contribution in [3.05, 3.63) is 26.7 Å². The van der Waals surface area contributed by atoms with Crippen molar-refractivity contribution in [3.63, 3.8) is 0 Å². The predicted octanol–water partition coefficient (Wildman–Crippen LogP) is -0.428. The monoisotopic (exact) mass is 249 g/mol. The summed E-state index contributed by atoms with van der Waals surface area (Å²) in [6, 6.07) is 0. The van der Waals surface area contributed by atoms with Crippen molar-refractivity contribution in [2.24, 2.45) is 20.0 Å². The number of nitrogens with zero attached hydrogens (tertiary/aromatic N) is 5. The largest absolute Gasteiger partial charge is 0.352 e. The van der Waals surface area contributed by atoms with Crippen LogP contribution in [0, 0.1) is 5.92 Å². The van der Waals surface area contributed by atoms with Gasteiger partial charge in [0.25, 0.3) is 5.56 Å². The van der Waals surface area contributed by atoms with Gasteiger partial charge in [0, 0.05) is 20.5 Å². The summed E-state index contributed by atoms with van der Waals surface area (Å²) in [4.78, 5) is 31.4. The summed E-state index contributed by atoms with van der Waals surface area (Å²) in [5, 5.41) is 4.21. The molecule has 2 aliphatic rings. The number of aryl methyl sites for hydroxylation is 1. The first-order valence-electron chi connectivity index (χ1n) is 5.71. The van der Waals surface area contributed by atoms with Gasteiger partial charge < -0.3 is 0 Å². The lowest BCUT2D eigenvalue weighted by molar-refractivity contribution is 0.576. The molecular formula is C11H15N5O2. The van der Waals surface area contributed by atoms with E-state index in [0.717, 1.165) is 4.57 Å². The maximum Gasteiger partial charge on any atom is 0.352 e. The van der Waals surface area contributed by atoms with Gasteiger partial charge in [-0.3, -0.25) is 9.36 Å².